The minimum absolute atomic E-state index is 0.00984. The van der Waals surface area contributed by atoms with Crippen LogP contribution in [0.15, 0.2) is 27.9 Å². The van der Waals surface area contributed by atoms with E-state index in [1.807, 2.05) is 20.9 Å². The maximum atomic E-state index is 13.6. The second-order valence-electron chi connectivity index (χ2n) is 10.7. The maximum Gasteiger partial charge on any atom is 0.279 e. The van der Waals surface area contributed by atoms with Crippen LogP contribution in [0.2, 0.25) is 0 Å². The third kappa shape index (κ3) is 6.21. The first-order valence-electron chi connectivity index (χ1n) is 14.5. The van der Waals surface area contributed by atoms with Crippen molar-refractivity contribution in [2.75, 3.05) is 66.1 Å². The highest BCUT2D eigenvalue weighted by Gasteiger charge is 2.29. The summed E-state index contributed by atoms with van der Waals surface area (Å²) in [7, 11) is -1.81. The molecule has 0 atom stereocenters. The topological polar surface area (TPSA) is 143 Å². The first-order valence-corrected chi connectivity index (χ1v) is 16.0. The largest absolute Gasteiger partial charge is 0.493 e. The number of aromatic nitrogens is 4. The van der Waals surface area contributed by atoms with Crippen molar-refractivity contribution in [2.24, 2.45) is 0 Å². The number of morpholine rings is 1. The van der Waals surface area contributed by atoms with Gasteiger partial charge in [-0.05, 0) is 38.1 Å². The van der Waals surface area contributed by atoms with Crippen LogP contribution in [-0.2, 0) is 32.5 Å². The number of nitrogens with one attached hydrogen (secondary N) is 1. The fourth-order valence-corrected chi connectivity index (χ4v) is 6.67. The molecule has 0 bridgehead atoms. The second-order valence-corrected chi connectivity index (χ2v) is 12.6. The van der Waals surface area contributed by atoms with E-state index < -0.39 is 15.6 Å². The summed E-state index contributed by atoms with van der Waals surface area (Å²) < 4.78 is 41.5. The van der Waals surface area contributed by atoms with Gasteiger partial charge >= 0.3 is 0 Å². The second kappa shape index (κ2) is 12.9. The Morgan fingerprint density at radius 2 is 1.79 bits per heavy atom. The Morgan fingerprint density at radius 3 is 2.48 bits per heavy atom. The van der Waals surface area contributed by atoms with Crippen LogP contribution in [0.5, 0.6) is 5.75 Å². The van der Waals surface area contributed by atoms with Crippen molar-refractivity contribution in [3.8, 4) is 17.1 Å². The number of fused-ring (bicyclic) bond motifs is 1. The summed E-state index contributed by atoms with van der Waals surface area (Å²) in [6, 6.07) is 4.68. The Bertz CT molecular complexity index is 1590. The highest BCUT2D eigenvalue weighted by molar-refractivity contribution is 7.89. The van der Waals surface area contributed by atoms with Crippen LogP contribution >= 0.6 is 0 Å². The summed E-state index contributed by atoms with van der Waals surface area (Å²) in [4.78, 5) is 37.9. The molecule has 1 aromatic carbocycles. The van der Waals surface area contributed by atoms with Gasteiger partial charge in [0.1, 0.15) is 23.6 Å². The molecule has 1 amide bonds. The maximum absolute atomic E-state index is 13.6. The molecule has 4 heterocycles. The molecule has 2 fully saturated rings. The number of likely N-dealkylation sites (N-methyl/N-ethyl adjacent to an activating group) is 1. The average Bonchev–Trinajstić information content (AvgIpc) is 3.34. The van der Waals surface area contributed by atoms with Crippen molar-refractivity contribution in [2.45, 2.75) is 44.6 Å². The Kier molecular flexibility index (Phi) is 9.25. The van der Waals surface area contributed by atoms with Crippen molar-refractivity contribution in [3.05, 3.63) is 34.2 Å². The van der Waals surface area contributed by atoms with Gasteiger partial charge < -0.3 is 24.3 Å². The van der Waals surface area contributed by atoms with Gasteiger partial charge in [-0.2, -0.15) is 9.40 Å². The monoisotopic (exact) mass is 601 g/mol. The molecular formula is C28H39N7O6S. The van der Waals surface area contributed by atoms with E-state index in [0.29, 0.717) is 88.0 Å². The van der Waals surface area contributed by atoms with Crippen molar-refractivity contribution in [3.63, 3.8) is 0 Å². The van der Waals surface area contributed by atoms with Gasteiger partial charge in [-0.25, -0.2) is 13.4 Å². The van der Waals surface area contributed by atoms with Crippen LogP contribution in [0.25, 0.3) is 22.4 Å². The Labute approximate surface area is 245 Å². The lowest BCUT2D eigenvalue weighted by Crippen LogP contribution is -2.47. The van der Waals surface area contributed by atoms with Gasteiger partial charge in [0, 0.05) is 39.3 Å². The molecule has 14 heteroatoms. The van der Waals surface area contributed by atoms with Crippen LogP contribution in [0.1, 0.15) is 32.4 Å². The minimum Gasteiger partial charge on any atom is -0.493 e. The zero-order valence-electron chi connectivity index (χ0n) is 24.5. The highest BCUT2D eigenvalue weighted by Crippen LogP contribution is 2.32. The van der Waals surface area contributed by atoms with Gasteiger partial charge in [0.05, 0.1) is 36.0 Å². The molecule has 42 heavy (non-hydrogen) atoms. The Hall–Kier alpha value is -3.33. The molecule has 5 rings (SSSR count). The number of nitrogens with zero attached hydrogens (tertiary/aromatic N) is 6. The van der Waals surface area contributed by atoms with Crippen LogP contribution in [0.3, 0.4) is 0 Å². The van der Waals surface area contributed by atoms with E-state index in [1.165, 1.54) is 16.4 Å². The number of hydrogen-bond acceptors (Lipinski definition) is 9. The quantitative estimate of drug-likeness (QED) is 0.364. The number of H-pyrrole nitrogens is 1. The molecular weight excluding hydrogens is 562 g/mol. The van der Waals surface area contributed by atoms with Crippen molar-refractivity contribution in [1.82, 2.24) is 33.9 Å². The van der Waals surface area contributed by atoms with Gasteiger partial charge in [-0.1, -0.05) is 20.3 Å². The highest BCUT2D eigenvalue weighted by atomic mass is 32.2. The lowest BCUT2D eigenvalue weighted by molar-refractivity contribution is -0.136. The molecule has 228 valence electrons. The number of ether oxygens (including phenoxy) is 2. The molecule has 3 aromatic rings. The van der Waals surface area contributed by atoms with E-state index in [0.717, 1.165) is 12.8 Å². The first kappa shape index (κ1) is 30.1. The average molecular weight is 602 g/mol. The number of amides is 1. The molecule has 2 aliphatic rings. The zero-order valence-corrected chi connectivity index (χ0v) is 25.3. The number of aromatic amines is 1. The Morgan fingerprint density at radius 1 is 1.05 bits per heavy atom. The zero-order chi connectivity index (χ0) is 29.9. The minimum atomic E-state index is -3.78. The standard InChI is InChI=1S/C28H39N7O6S/c1-4-6-22-25-26(31-35(22)19-24(36)33-13-16-40-17-14-33)28(37)30-27(29-25)21-18-20(7-8-23(21)41-15-5-2)42(38,39)34-11-9-32(3)10-12-34/h7-8,18H,4-6,9-17,19H2,1-3H3,(H,29,30,37). The first-order chi connectivity index (χ1) is 20.2. The molecule has 0 aliphatic carbocycles. The summed E-state index contributed by atoms with van der Waals surface area (Å²) >= 11 is 0. The van der Waals surface area contributed by atoms with Gasteiger partial charge in [-0.15, -0.1) is 0 Å². The predicted octanol–water partition coefficient (Wildman–Crippen LogP) is 1.32. The summed E-state index contributed by atoms with van der Waals surface area (Å²) in [5.41, 5.74) is 1.10. The fraction of sp³-hybridized carbons (Fsp3) is 0.571. The molecule has 0 radical (unpaired) electrons. The Balaban J connectivity index is 1.57. The molecule has 2 saturated heterocycles. The van der Waals surface area contributed by atoms with Gasteiger partial charge in [-0.3, -0.25) is 14.3 Å². The molecule has 0 spiro atoms. The fourth-order valence-electron chi connectivity index (χ4n) is 5.22. The summed E-state index contributed by atoms with van der Waals surface area (Å²) in [5.74, 6) is 0.506. The number of benzene rings is 1. The molecule has 0 saturated carbocycles. The molecule has 0 unspecified atom stereocenters. The van der Waals surface area contributed by atoms with E-state index in [-0.39, 0.29) is 28.7 Å². The molecule has 13 nitrogen and oxygen atoms in total. The van der Waals surface area contributed by atoms with Crippen LogP contribution < -0.4 is 10.3 Å². The van der Waals surface area contributed by atoms with E-state index in [1.54, 1.807) is 15.6 Å². The number of aryl methyl sites for hydroxylation is 1. The van der Waals surface area contributed by atoms with Gasteiger partial charge in [0.15, 0.2) is 5.52 Å². The predicted molar refractivity (Wildman–Crippen MR) is 157 cm³/mol. The summed E-state index contributed by atoms with van der Waals surface area (Å²) in [5, 5.41) is 4.49. The lowest BCUT2D eigenvalue weighted by Gasteiger charge is -2.31. The third-order valence-corrected chi connectivity index (χ3v) is 9.50. The van der Waals surface area contributed by atoms with E-state index in [9.17, 15) is 18.0 Å². The molecule has 1 N–H and O–H groups in total. The third-order valence-electron chi connectivity index (χ3n) is 7.60. The normalized spacial score (nSPS) is 17.2. The number of sulfonamides is 1. The van der Waals surface area contributed by atoms with E-state index in [4.69, 9.17) is 14.5 Å². The van der Waals surface area contributed by atoms with Crippen LogP contribution in [0, 0.1) is 0 Å². The lowest BCUT2D eigenvalue weighted by atomic mass is 10.1. The molecule has 2 aromatic heterocycles. The van der Waals surface area contributed by atoms with E-state index >= 15 is 0 Å². The number of carbonyl (C=O) groups is 1. The van der Waals surface area contributed by atoms with Crippen molar-refractivity contribution >= 4 is 27.0 Å². The number of piperazine rings is 1. The summed E-state index contributed by atoms with van der Waals surface area (Å²) in [6.07, 6.45) is 2.05. The van der Waals surface area contributed by atoms with Gasteiger partial charge in [0.2, 0.25) is 15.9 Å². The van der Waals surface area contributed by atoms with E-state index in [2.05, 4.69) is 15.0 Å². The van der Waals surface area contributed by atoms with Crippen molar-refractivity contribution < 1.29 is 22.7 Å². The number of hydrogen-bond donors (Lipinski definition) is 1. The smallest absolute Gasteiger partial charge is 0.279 e. The number of rotatable bonds is 10. The van der Waals surface area contributed by atoms with Gasteiger partial charge in [0.25, 0.3) is 5.56 Å². The number of carbonyl (C=O) groups excluding carboxylic acids is 1. The van der Waals surface area contributed by atoms with Crippen LogP contribution in [-0.4, -0.2) is 114 Å². The van der Waals surface area contributed by atoms with Crippen LogP contribution in [0.4, 0.5) is 0 Å². The van der Waals surface area contributed by atoms with Crippen molar-refractivity contribution in [1.29, 1.82) is 0 Å². The molecule has 2 aliphatic heterocycles. The SMILES string of the molecule is CCCOc1ccc(S(=O)(=O)N2CCN(C)CC2)cc1-c1nc2c(CCC)n(CC(=O)N3CCOCC3)nc2c(=O)[nH]1. The summed E-state index contributed by atoms with van der Waals surface area (Å²) in [6.45, 7) is 8.47.